The van der Waals surface area contributed by atoms with Crippen LogP contribution in [0.2, 0.25) is 0 Å². The van der Waals surface area contributed by atoms with Crippen LogP contribution >= 0.6 is 0 Å². The third-order valence-electron chi connectivity index (χ3n) is 4.80. The Morgan fingerprint density at radius 1 is 1.16 bits per heavy atom. The molecule has 1 atom stereocenters. The first-order valence-electron chi connectivity index (χ1n) is 8.72. The van der Waals surface area contributed by atoms with Crippen molar-refractivity contribution in [1.29, 1.82) is 0 Å². The van der Waals surface area contributed by atoms with Crippen molar-refractivity contribution < 1.29 is 14.8 Å². The van der Waals surface area contributed by atoms with Gasteiger partial charge in [0.2, 0.25) is 0 Å². The molecule has 2 aromatic carbocycles. The molecule has 0 amide bonds. The lowest BCUT2D eigenvalue weighted by Crippen LogP contribution is -2.83. The molecule has 0 saturated heterocycles. The van der Waals surface area contributed by atoms with Gasteiger partial charge in [-0.1, -0.05) is 37.3 Å². The van der Waals surface area contributed by atoms with Crippen molar-refractivity contribution in [2.24, 2.45) is 0 Å². The van der Waals surface area contributed by atoms with Crippen molar-refractivity contribution in [3.05, 3.63) is 75.6 Å². The minimum Gasteiger partial charge on any atom is -0.508 e. The summed E-state index contributed by atoms with van der Waals surface area (Å²) in [7, 11) is 0. The second-order valence-electron chi connectivity index (χ2n) is 6.42. The molecule has 0 aliphatic heterocycles. The van der Waals surface area contributed by atoms with Gasteiger partial charge in [-0.05, 0) is 31.0 Å². The number of fused-ring (bicyclic) bond motifs is 1. The first kappa shape index (κ1) is 17.2. The molecule has 3 aromatic rings. The summed E-state index contributed by atoms with van der Waals surface area (Å²) in [6.45, 7) is 5.62. The Morgan fingerprint density at radius 2 is 1.92 bits per heavy atom. The summed E-state index contributed by atoms with van der Waals surface area (Å²) in [5.74, 6) is 0.630. The highest BCUT2D eigenvalue weighted by molar-refractivity contribution is 5.84. The van der Waals surface area contributed by atoms with E-state index in [0.29, 0.717) is 23.6 Å². The quantitative estimate of drug-likeness (QED) is 0.679. The molecule has 0 bridgehead atoms. The molecule has 3 rings (SSSR count). The van der Waals surface area contributed by atoms with Crippen LogP contribution in [-0.2, 0) is 6.54 Å². The van der Waals surface area contributed by atoms with Gasteiger partial charge < -0.3 is 14.8 Å². The zero-order valence-electron chi connectivity index (χ0n) is 14.7. The minimum atomic E-state index is -0.375. The molecular weight excluding hydrogens is 314 g/mol. The molecule has 0 spiro atoms. The average molecular weight is 338 g/mol. The lowest BCUT2D eigenvalue weighted by Gasteiger charge is -2.14. The molecule has 0 fully saturated rings. The molecule has 0 saturated carbocycles. The fourth-order valence-corrected chi connectivity index (χ4v) is 3.29. The van der Waals surface area contributed by atoms with Gasteiger partial charge in [-0.2, -0.15) is 0 Å². The summed E-state index contributed by atoms with van der Waals surface area (Å²) in [5, 5.41) is 13.0. The van der Waals surface area contributed by atoms with E-state index in [1.807, 2.05) is 12.1 Å². The number of phenols is 1. The van der Waals surface area contributed by atoms with Crippen LogP contribution in [0.5, 0.6) is 5.75 Å². The van der Waals surface area contributed by atoms with Crippen molar-refractivity contribution in [1.82, 2.24) is 0 Å². The summed E-state index contributed by atoms with van der Waals surface area (Å²) in [5.41, 5.74) is 2.99. The molecular formula is C21H24NO3+. The van der Waals surface area contributed by atoms with Crippen LogP contribution < -0.4 is 10.9 Å². The van der Waals surface area contributed by atoms with Gasteiger partial charge in [0.25, 0.3) is 0 Å². The number of rotatable bonds is 6. The molecule has 0 aliphatic carbocycles. The van der Waals surface area contributed by atoms with Crippen molar-refractivity contribution >= 4 is 11.0 Å². The zero-order valence-corrected chi connectivity index (χ0v) is 14.7. The molecule has 0 unspecified atom stereocenters. The van der Waals surface area contributed by atoms with Crippen LogP contribution in [0.3, 0.4) is 0 Å². The SMILES string of the molecule is CC[C@@H](C[NH2+]Cc1cc(=O)oc2c(C)c(O)ccc12)c1ccccc1. The van der Waals surface area contributed by atoms with Gasteiger partial charge in [0.15, 0.2) is 0 Å². The van der Waals surface area contributed by atoms with Gasteiger partial charge in [0, 0.05) is 28.5 Å². The van der Waals surface area contributed by atoms with E-state index in [4.69, 9.17) is 4.42 Å². The van der Waals surface area contributed by atoms with E-state index < -0.39 is 0 Å². The Balaban J connectivity index is 1.79. The Hall–Kier alpha value is -2.59. The van der Waals surface area contributed by atoms with Crippen molar-refractivity contribution in [3.63, 3.8) is 0 Å². The number of hydrogen-bond donors (Lipinski definition) is 2. The van der Waals surface area contributed by atoms with Gasteiger partial charge in [-0.15, -0.1) is 0 Å². The molecule has 3 N–H and O–H groups in total. The number of benzene rings is 2. The van der Waals surface area contributed by atoms with E-state index in [0.717, 1.165) is 23.9 Å². The Morgan fingerprint density at radius 3 is 2.64 bits per heavy atom. The van der Waals surface area contributed by atoms with Gasteiger partial charge in [-0.25, -0.2) is 4.79 Å². The van der Waals surface area contributed by atoms with Crippen LogP contribution in [-0.4, -0.2) is 11.7 Å². The largest absolute Gasteiger partial charge is 0.508 e. The maximum atomic E-state index is 11.9. The molecule has 1 aromatic heterocycles. The monoisotopic (exact) mass is 338 g/mol. The van der Waals surface area contributed by atoms with Gasteiger partial charge in [0.1, 0.15) is 17.9 Å². The maximum Gasteiger partial charge on any atom is 0.336 e. The second kappa shape index (κ2) is 7.53. The van der Waals surface area contributed by atoms with Gasteiger partial charge >= 0.3 is 5.63 Å². The fourth-order valence-electron chi connectivity index (χ4n) is 3.29. The predicted octanol–water partition coefficient (Wildman–Crippen LogP) is 3.06. The minimum absolute atomic E-state index is 0.145. The lowest BCUT2D eigenvalue weighted by molar-refractivity contribution is -0.672. The van der Waals surface area contributed by atoms with E-state index in [-0.39, 0.29) is 11.4 Å². The number of nitrogens with two attached hydrogens (primary N) is 1. The highest BCUT2D eigenvalue weighted by Crippen LogP contribution is 2.27. The number of aryl methyl sites for hydroxylation is 1. The number of quaternary nitrogens is 1. The highest BCUT2D eigenvalue weighted by Gasteiger charge is 2.14. The summed E-state index contributed by atoms with van der Waals surface area (Å²) in [6, 6.07) is 15.5. The van der Waals surface area contributed by atoms with Crippen LogP contribution in [0.15, 0.2) is 57.7 Å². The smallest absolute Gasteiger partial charge is 0.336 e. The highest BCUT2D eigenvalue weighted by atomic mass is 16.4. The molecule has 25 heavy (non-hydrogen) atoms. The van der Waals surface area contributed by atoms with Gasteiger partial charge in [-0.3, -0.25) is 0 Å². The lowest BCUT2D eigenvalue weighted by atomic mass is 9.96. The predicted molar refractivity (Wildman–Crippen MR) is 98.9 cm³/mol. The van der Waals surface area contributed by atoms with E-state index in [1.165, 1.54) is 5.56 Å². The standard InChI is InChI=1S/C21H23NO3/c1-3-15(16-7-5-4-6-8-16)12-22-13-17-11-20(24)25-21-14(2)19(23)10-9-18(17)21/h4-11,15,22-23H,3,12-13H2,1-2H3/p+1/t15-/m0/s1. The second-order valence-corrected chi connectivity index (χ2v) is 6.42. The van der Waals surface area contributed by atoms with Crippen molar-refractivity contribution in [3.8, 4) is 5.75 Å². The molecule has 4 heteroatoms. The molecule has 0 aliphatic rings. The first-order valence-corrected chi connectivity index (χ1v) is 8.72. The summed E-state index contributed by atoms with van der Waals surface area (Å²) in [4.78, 5) is 11.9. The molecule has 1 heterocycles. The van der Waals surface area contributed by atoms with Crippen LogP contribution in [0.4, 0.5) is 0 Å². The Bertz CT molecular complexity index is 916. The van der Waals surface area contributed by atoms with E-state index in [9.17, 15) is 9.90 Å². The Labute approximate surface area is 147 Å². The normalized spacial score (nSPS) is 12.4. The molecule has 4 nitrogen and oxygen atoms in total. The van der Waals surface area contributed by atoms with Gasteiger partial charge in [0.05, 0.1) is 6.54 Å². The summed E-state index contributed by atoms with van der Waals surface area (Å²) in [6.07, 6.45) is 1.07. The number of phenolic OH excluding ortho intramolecular Hbond substituents is 1. The van der Waals surface area contributed by atoms with E-state index >= 15 is 0 Å². The van der Waals surface area contributed by atoms with Crippen LogP contribution in [0.25, 0.3) is 11.0 Å². The molecule has 0 radical (unpaired) electrons. The third kappa shape index (κ3) is 3.74. The number of hydrogen-bond acceptors (Lipinski definition) is 3. The Kier molecular flexibility index (Phi) is 5.19. The first-order chi connectivity index (χ1) is 12.1. The van der Waals surface area contributed by atoms with E-state index in [2.05, 4.69) is 36.5 Å². The van der Waals surface area contributed by atoms with Crippen molar-refractivity contribution in [2.75, 3.05) is 6.54 Å². The maximum absolute atomic E-state index is 11.9. The summed E-state index contributed by atoms with van der Waals surface area (Å²) < 4.78 is 5.30. The number of aromatic hydroxyl groups is 1. The third-order valence-corrected chi connectivity index (χ3v) is 4.80. The zero-order chi connectivity index (χ0) is 17.8. The van der Waals surface area contributed by atoms with Crippen LogP contribution in [0.1, 0.15) is 36.0 Å². The average Bonchev–Trinajstić information content (AvgIpc) is 2.63. The topological polar surface area (TPSA) is 67.0 Å². The summed E-state index contributed by atoms with van der Waals surface area (Å²) >= 11 is 0. The van der Waals surface area contributed by atoms with E-state index in [1.54, 1.807) is 19.1 Å². The van der Waals surface area contributed by atoms with Crippen LogP contribution in [0, 0.1) is 6.92 Å². The molecule has 130 valence electrons. The van der Waals surface area contributed by atoms with Crippen molar-refractivity contribution in [2.45, 2.75) is 32.7 Å². The fraction of sp³-hybridized carbons (Fsp3) is 0.286.